The monoisotopic (exact) mass is 253 g/mol. The highest BCUT2D eigenvalue weighted by atomic mass is 16.2. The number of likely N-dealkylation sites (tertiary alicyclic amines) is 1. The summed E-state index contributed by atoms with van der Waals surface area (Å²) in [6.07, 6.45) is 5.53. The third kappa shape index (κ3) is 2.69. The van der Waals surface area contributed by atoms with Gasteiger partial charge in [0.15, 0.2) is 0 Å². The van der Waals surface area contributed by atoms with Crippen LogP contribution in [0.25, 0.3) is 0 Å². The van der Waals surface area contributed by atoms with E-state index in [1.807, 2.05) is 4.90 Å². The van der Waals surface area contributed by atoms with Crippen molar-refractivity contribution in [3.8, 4) is 0 Å². The van der Waals surface area contributed by atoms with Gasteiger partial charge < -0.3 is 15.5 Å². The summed E-state index contributed by atoms with van der Waals surface area (Å²) in [5.74, 6) is 0.177. The van der Waals surface area contributed by atoms with Crippen molar-refractivity contribution in [3.05, 3.63) is 0 Å². The van der Waals surface area contributed by atoms with Gasteiger partial charge in [0, 0.05) is 24.7 Å². The van der Waals surface area contributed by atoms with Gasteiger partial charge in [-0.05, 0) is 53.0 Å². The maximum absolute atomic E-state index is 11.9. The average Bonchev–Trinajstić information content (AvgIpc) is 2.69. The number of rotatable bonds is 3. The van der Waals surface area contributed by atoms with Gasteiger partial charge in [0.05, 0.1) is 6.04 Å². The van der Waals surface area contributed by atoms with Crippen molar-refractivity contribution in [2.45, 2.75) is 70.1 Å². The summed E-state index contributed by atoms with van der Waals surface area (Å²) in [4.78, 5) is 16.4. The van der Waals surface area contributed by atoms with Crippen molar-refractivity contribution >= 4 is 5.91 Å². The Morgan fingerprint density at radius 1 is 1.22 bits per heavy atom. The summed E-state index contributed by atoms with van der Waals surface area (Å²) in [5, 5.41) is 0. The van der Waals surface area contributed by atoms with Gasteiger partial charge in [-0.2, -0.15) is 0 Å². The van der Waals surface area contributed by atoms with E-state index in [4.69, 9.17) is 5.73 Å². The molecule has 1 unspecified atom stereocenters. The highest BCUT2D eigenvalue weighted by molar-refractivity contribution is 5.84. The first-order valence-corrected chi connectivity index (χ1v) is 7.28. The Kier molecular flexibility index (Phi) is 4.28. The van der Waals surface area contributed by atoms with Crippen LogP contribution in [0.15, 0.2) is 0 Å². The standard InChI is InChI=1S/C14H27N3O/c1-10(2)16(3)11-4-6-12(7-5-11)17-9-8-13(15)14(17)18/h10-13H,4-9,15H2,1-3H3/t11-,12+,13?. The molecule has 2 N–H and O–H groups in total. The van der Waals surface area contributed by atoms with Crippen LogP contribution >= 0.6 is 0 Å². The first-order chi connectivity index (χ1) is 8.50. The number of carbonyl (C=O) groups is 1. The molecule has 2 rings (SSSR count). The fourth-order valence-corrected chi connectivity index (χ4v) is 3.29. The normalized spacial score (nSPS) is 33.8. The molecule has 0 aromatic rings. The van der Waals surface area contributed by atoms with E-state index in [0.717, 1.165) is 25.8 Å². The topological polar surface area (TPSA) is 49.6 Å². The number of hydrogen-bond acceptors (Lipinski definition) is 3. The minimum absolute atomic E-state index is 0.177. The molecule has 1 aliphatic carbocycles. The van der Waals surface area contributed by atoms with E-state index in [1.54, 1.807) is 0 Å². The van der Waals surface area contributed by atoms with E-state index < -0.39 is 0 Å². The lowest BCUT2D eigenvalue weighted by Crippen LogP contribution is -2.46. The zero-order valence-electron chi connectivity index (χ0n) is 11.9. The molecule has 1 amide bonds. The molecule has 0 spiro atoms. The lowest BCUT2D eigenvalue weighted by Gasteiger charge is -2.39. The van der Waals surface area contributed by atoms with Crippen molar-refractivity contribution in [2.75, 3.05) is 13.6 Å². The molecule has 104 valence electrons. The molecule has 0 aromatic heterocycles. The van der Waals surface area contributed by atoms with Crippen LogP contribution in [0, 0.1) is 0 Å². The van der Waals surface area contributed by atoms with Gasteiger partial charge in [-0.15, -0.1) is 0 Å². The molecule has 4 nitrogen and oxygen atoms in total. The Bertz CT molecular complexity index is 297. The Labute approximate surface area is 110 Å². The van der Waals surface area contributed by atoms with Crippen LogP contribution in [-0.4, -0.2) is 53.5 Å². The first-order valence-electron chi connectivity index (χ1n) is 7.28. The van der Waals surface area contributed by atoms with Gasteiger partial charge in [-0.1, -0.05) is 0 Å². The quantitative estimate of drug-likeness (QED) is 0.822. The lowest BCUT2D eigenvalue weighted by molar-refractivity contribution is -0.131. The number of hydrogen-bond donors (Lipinski definition) is 1. The maximum Gasteiger partial charge on any atom is 0.239 e. The highest BCUT2D eigenvalue weighted by Gasteiger charge is 2.36. The van der Waals surface area contributed by atoms with E-state index in [1.165, 1.54) is 12.8 Å². The minimum Gasteiger partial charge on any atom is -0.338 e. The van der Waals surface area contributed by atoms with Gasteiger partial charge in [0.1, 0.15) is 0 Å². The number of nitrogens with zero attached hydrogens (tertiary/aromatic N) is 2. The molecule has 4 heteroatoms. The maximum atomic E-state index is 11.9. The number of nitrogens with two attached hydrogens (primary N) is 1. The van der Waals surface area contributed by atoms with E-state index in [0.29, 0.717) is 18.1 Å². The predicted molar refractivity (Wildman–Crippen MR) is 73.2 cm³/mol. The minimum atomic E-state index is -0.235. The van der Waals surface area contributed by atoms with Crippen molar-refractivity contribution in [2.24, 2.45) is 5.73 Å². The molecule has 0 radical (unpaired) electrons. The molecule has 2 fully saturated rings. The Balaban J connectivity index is 1.85. The summed E-state index contributed by atoms with van der Waals surface area (Å²) in [5.41, 5.74) is 5.79. The highest BCUT2D eigenvalue weighted by Crippen LogP contribution is 2.29. The SMILES string of the molecule is CC(C)N(C)[C@H]1CC[C@@H](N2CCC(N)C2=O)CC1. The summed E-state index contributed by atoms with van der Waals surface area (Å²) in [6, 6.07) is 1.50. The Morgan fingerprint density at radius 3 is 2.28 bits per heavy atom. The van der Waals surface area contributed by atoms with Crippen molar-refractivity contribution in [1.82, 2.24) is 9.80 Å². The van der Waals surface area contributed by atoms with Crippen molar-refractivity contribution in [3.63, 3.8) is 0 Å². The van der Waals surface area contributed by atoms with Crippen LogP contribution in [0.3, 0.4) is 0 Å². The smallest absolute Gasteiger partial charge is 0.239 e. The third-order valence-electron chi connectivity index (χ3n) is 4.78. The fourth-order valence-electron chi connectivity index (χ4n) is 3.29. The molecule has 2 aliphatic rings. The van der Waals surface area contributed by atoms with Crippen LogP contribution in [-0.2, 0) is 4.79 Å². The molecule has 1 saturated carbocycles. The van der Waals surface area contributed by atoms with Gasteiger partial charge in [-0.25, -0.2) is 0 Å². The number of carbonyl (C=O) groups excluding carboxylic acids is 1. The Morgan fingerprint density at radius 2 is 1.83 bits per heavy atom. The molecular weight excluding hydrogens is 226 g/mol. The van der Waals surface area contributed by atoms with E-state index in [-0.39, 0.29) is 11.9 Å². The van der Waals surface area contributed by atoms with Crippen molar-refractivity contribution in [1.29, 1.82) is 0 Å². The van der Waals surface area contributed by atoms with Crippen LogP contribution in [0.5, 0.6) is 0 Å². The second-order valence-corrected chi connectivity index (χ2v) is 6.15. The summed E-state index contributed by atoms with van der Waals surface area (Å²) < 4.78 is 0. The molecule has 0 aromatic carbocycles. The van der Waals surface area contributed by atoms with Crippen LogP contribution in [0.2, 0.25) is 0 Å². The van der Waals surface area contributed by atoms with Gasteiger partial charge in [0.2, 0.25) is 5.91 Å². The summed E-state index contributed by atoms with van der Waals surface area (Å²) in [7, 11) is 2.21. The summed E-state index contributed by atoms with van der Waals surface area (Å²) in [6.45, 7) is 5.36. The fraction of sp³-hybridized carbons (Fsp3) is 0.929. The summed E-state index contributed by atoms with van der Waals surface area (Å²) >= 11 is 0. The molecule has 1 aliphatic heterocycles. The second-order valence-electron chi connectivity index (χ2n) is 6.15. The molecule has 1 atom stereocenters. The molecular formula is C14H27N3O. The molecule has 1 heterocycles. The second kappa shape index (κ2) is 5.57. The Hall–Kier alpha value is -0.610. The average molecular weight is 253 g/mol. The lowest BCUT2D eigenvalue weighted by atomic mass is 9.89. The largest absolute Gasteiger partial charge is 0.338 e. The van der Waals surface area contributed by atoms with Gasteiger partial charge >= 0.3 is 0 Å². The van der Waals surface area contributed by atoms with Crippen LogP contribution in [0.1, 0.15) is 46.0 Å². The molecule has 0 bridgehead atoms. The number of amides is 1. The van der Waals surface area contributed by atoms with E-state index in [9.17, 15) is 4.79 Å². The molecule has 18 heavy (non-hydrogen) atoms. The van der Waals surface area contributed by atoms with E-state index >= 15 is 0 Å². The van der Waals surface area contributed by atoms with Crippen LogP contribution in [0.4, 0.5) is 0 Å². The third-order valence-corrected chi connectivity index (χ3v) is 4.78. The van der Waals surface area contributed by atoms with Gasteiger partial charge in [-0.3, -0.25) is 4.79 Å². The van der Waals surface area contributed by atoms with Gasteiger partial charge in [0.25, 0.3) is 0 Å². The van der Waals surface area contributed by atoms with E-state index in [2.05, 4.69) is 25.8 Å². The van der Waals surface area contributed by atoms with Crippen LogP contribution < -0.4 is 5.73 Å². The first kappa shape index (κ1) is 13.8. The predicted octanol–water partition coefficient (Wildman–Crippen LogP) is 1.20. The zero-order valence-corrected chi connectivity index (χ0v) is 11.9. The zero-order chi connectivity index (χ0) is 13.3. The molecule has 1 saturated heterocycles. The van der Waals surface area contributed by atoms with Crippen molar-refractivity contribution < 1.29 is 4.79 Å².